The van der Waals surface area contributed by atoms with Gasteiger partial charge in [0.25, 0.3) is 0 Å². The van der Waals surface area contributed by atoms with Crippen LogP contribution < -0.4 is 5.32 Å². The zero-order valence-electron chi connectivity index (χ0n) is 12.4. The summed E-state index contributed by atoms with van der Waals surface area (Å²) in [5.41, 5.74) is 0. The van der Waals surface area contributed by atoms with Crippen molar-refractivity contribution in [1.82, 2.24) is 10.2 Å². The van der Waals surface area contributed by atoms with Gasteiger partial charge in [-0.1, -0.05) is 33.1 Å². The maximum Gasteiger partial charge on any atom is 0.317 e. The summed E-state index contributed by atoms with van der Waals surface area (Å²) >= 11 is 0. The number of nitrogens with zero attached hydrogens (tertiary/aromatic N) is 1. The average Bonchev–Trinajstić information content (AvgIpc) is 3.12. The maximum absolute atomic E-state index is 12.2. The highest BCUT2D eigenvalue weighted by Crippen LogP contribution is 2.29. The Kier molecular flexibility index (Phi) is 7.14. The van der Waals surface area contributed by atoms with Crippen molar-refractivity contribution in [3.63, 3.8) is 0 Å². The third-order valence-corrected chi connectivity index (χ3v) is 3.57. The molecule has 2 amide bonds. The van der Waals surface area contributed by atoms with Crippen LogP contribution in [-0.2, 0) is 0 Å². The topological polar surface area (TPSA) is 32.3 Å². The Bertz CT molecular complexity index is 239. The van der Waals surface area contributed by atoms with E-state index in [2.05, 4.69) is 26.1 Å². The molecule has 18 heavy (non-hydrogen) atoms. The van der Waals surface area contributed by atoms with Crippen LogP contribution in [0.15, 0.2) is 0 Å². The van der Waals surface area contributed by atoms with Gasteiger partial charge in [-0.3, -0.25) is 0 Å². The van der Waals surface area contributed by atoms with Crippen LogP contribution in [0.1, 0.15) is 65.7 Å². The molecule has 0 bridgehead atoms. The number of hydrogen-bond donors (Lipinski definition) is 1. The summed E-state index contributed by atoms with van der Waals surface area (Å²) in [4.78, 5) is 14.2. The second-order valence-electron chi connectivity index (χ2n) is 5.74. The summed E-state index contributed by atoms with van der Waals surface area (Å²) in [6.07, 6.45) is 8.48. The molecular formula is C15H30N2O. The Balaban J connectivity index is 2.25. The van der Waals surface area contributed by atoms with E-state index in [1.165, 1.54) is 32.1 Å². The van der Waals surface area contributed by atoms with Crippen LogP contribution >= 0.6 is 0 Å². The summed E-state index contributed by atoms with van der Waals surface area (Å²) in [7, 11) is 0. The van der Waals surface area contributed by atoms with Gasteiger partial charge < -0.3 is 10.2 Å². The highest BCUT2D eigenvalue weighted by Gasteiger charge is 2.26. The SMILES string of the molecule is CCCCCC(C)NC(=O)N(CCC)CC1CC1. The van der Waals surface area contributed by atoms with Crippen LogP contribution in [0.3, 0.4) is 0 Å². The molecule has 1 rings (SSSR count). The van der Waals surface area contributed by atoms with Gasteiger partial charge in [-0.25, -0.2) is 4.79 Å². The third-order valence-electron chi connectivity index (χ3n) is 3.57. The van der Waals surface area contributed by atoms with Crippen molar-refractivity contribution in [2.45, 2.75) is 71.8 Å². The van der Waals surface area contributed by atoms with E-state index in [4.69, 9.17) is 0 Å². The largest absolute Gasteiger partial charge is 0.336 e. The molecule has 0 aliphatic heterocycles. The van der Waals surface area contributed by atoms with E-state index in [-0.39, 0.29) is 6.03 Å². The lowest BCUT2D eigenvalue weighted by Gasteiger charge is -2.25. The predicted molar refractivity (Wildman–Crippen MR) is 76.7 cm³/mol. The van der Waals surface area contributed by atoms with Crippen molar-refractivity contribution in [2.24, 2.45) is 5.92 Å². The molecule has 1 aliphatic rings. The van der Waals surface area contributed by atoms with Gasteiger partial charge >= 0.3 is 6.03 Å². The molecule has 0 saturated heterocycles. The molecule has 1 saturated carbocycles. The second kappa shape index (κ2) is 8.39. The van der Waals surface area contributed by atoms with Crippen LogP contribution in [0.4, 0.5) is 4.79 Å². The molecule has 1 aliphatic carbocycles. The molecule has 3 nitrogen and oxygen atoms in total. The Morgan fingerprint density at radius 3 is 2.56 bits per heavy atom. The van der Waals surface area contributed by atoms with Gasteiger partial charge in [-0.15, -0.1) is 0 Å². The highest BCUT2D eigenvalue weighted by atomic mass is 16.2. The number of carbonyl (C=O) groups is 1. The Morgan fingerprint density at radius 1 is 1.28 bits per heavy atom. The first-order valence-electron chi connectivity index (χ1n) is 7.72. The van der Waals surface area contributed by atoms with Crippen molar-refractivity contribution < 1.29 is 4.79 Å². The quantitative estimate of drug-likeness (QED) is 0.624. The third kappa shape index (κ3) is 6.27. The fraction of sp³-hybridized carbons (Fsp3) is 0.933. The number of hydrogen-bond acceptors (Lipinski definition) is 1. The minimum absolute atomic E-state index is 0.146. The van der Waals surface area contributed by atoms with Gasteiger partial charge in [-0.05, 0) is 38.5 Å². The lowest BCUT2D eigenvalue weighted by atomic mass is 10.1. The van der Waals surface area contributed by atoms with Crippen molar-refractivity contribution in [2.75, 3.05) is 13.1 Å². The van der Waals surface area contributed by atoms with Crippen LogP contribution in [-0.4, -0.2) is 30.1 Å². The fourth-order valence-electron chi connectivity index (χ4n) is 2.23. The first kappa shape index (κ1) is 15.3. The van der Waals surface area contributed by atoms with Crippen LogP contribution in [0.25, 0.3) is 0 Å². The van der Waals surface area contributed by atoms with Gasteiger partial charge in [0.05, 0.1) is 0 Å². The smallest absolute Gasteiger partial charge is 0.317 e. The molecule has 0 aromatic carbocycles. The van der Waals surface area contributed by atoms with Gasteiger partial charge in [-0.2, -0.15) is 0 Å². The fourth-order valence-corrected chi connectivity index (χ4v) is 2.23. The first-order chi connectivity index (χ1) is 8.67. The van der Waals surface area contributed by atoms with Crippen molar-refractivity contribution in [3.05, 3.63) is 0 Å². The molecule has 0 spiro atoms. The standard InChI is InChI=1S/C15H30N2O/c1-4-6-7-8-13(3)16-15(18)17(11-5-2)12-14-9-10-14/h13-14H,4-12H2,1-3H3,(H,16,18). The highest BCUT2D eigenvalue weighted by molar-refractivity contribution is 5.74. The van der Waals surface area contributed by atoms with Gasteiger partial charge in [0, 0.05) is 19.1 Å². The van der Waals surface area contributed by atoms with Crippen LogP contribution in [0.5, 0.6) is 0 Å². The Labute approximate surface area is 112 Å². The van der Waals surface area contributed by atoms with Crippen LogP contribution in [0, 0.1) is 5.92 Å². The second-order valence-corrected chi connectivity index (χ2v) is 5.74. The minimum atomic E-state index is 0.146. The van der Waals surface area contributed by atoms with E-state index in [0.717, 1.165) is 31.8 Å². The monoisotopic (exact) mass is 254 g/mol. The number of nitrogens with one attached hydrogen (secondary N) is 1. The number of amides is 2. The Morgan fingerprint density at radius 2 is 2.00 bits per heavy atom. The molecule has 106 valence electrons. The molecule has 0 aromatic rings. The van der Waals surface area contributed by atoms with Gasteiger partial charge in [0.1, 0.15) is 0 Å². The molecule has 1 unspecified atom stereocenters. The summed E-state index contributed by atoms with van der Waals surface area (Å²) in [6, 6.07) is 0.454. The lowest BCUT2D eigenvalue weighted by Crippen LogP contribution is -2.45. The summed E-state index contributed by atoms with van der Waals surface area (Å²) in [5.74, 6) is 0.776. The minimum Gasteiger partial charge on any atom is -0.336 e. The van der Waals surface area contributed by atoms with Crippen molar-refractivity contribution in [1.29, 1.82) is 0 Å². The van der Waals surface area contributed by atoms with E-state index >= 15 is 0 Å². The zero-order chi connectivity index (χ0) is 13.4. The molecule has 0 aromatic heterocycles. The number of carbonyl (C=O) groups excluding carboxylic acids is 1. The predicted octanol–water partition coefficient (Wildman–Crippen LogP) is 3.79. The number of rotatable bonds is 9. The molecule has 0 heterocycles. The zero-order valence-corrected chi connectivity index (χ0v) is 12.4. The van der Waals surface area contributed by atoms with Gasteiger partial charge in [0.2, 0.25) is 0 Å². The summed E-state index contributed by atoms with van der Waals surface area (Å²) in [5, 5.41) is 3.14. The summed E-state index contributed by atoms with van der Waals surface area (Å²) < 4.78 is 0. The van der Waals surface area contributed by atoms with E-state index in [1.807, 2.05) is 4.90 Å². The van der Waals surface area contributed by atoms with E-state index in [9.17, 15) is 4.79 Å². The number of urea groups is 1. The molecule has 1 atom stereocenters. The van der Waals surface area contributed by atoms with Crippen molar-refractivity contribution in [3.8, 4) is 0 Å². The lowest BCUT2D eigenvalue weighted by molar-refractivity contribution is 0.191. The van der Waals surface area contributed by atoms with E-state index < -0.39 is 0 Å². The van der Waals surface area contributed by atoms with E-state index in [1.54, 1.807) is 0 Å². The van der Waals surface area contributed by atoms with Crippen LogP contribution in [0.2, 0.25) is 0 Å². The van der Waals surface area contributed by atoms with Crippen molar-refractivity contribution >= 4 is 6.03 Å². The maximum atomic E-state index is 12.2. The average molecular weight is 254 g/mol. The first-order valence-corrected chi connectivity index (χ1v) is 7.72. The molecule has 0 radical (unpaired) electrons. The molecular weight excluding hydrogens is 224 g/mol. The summed E-state index contributed by atoms with van der Waals surface area (Å²) in [6.45, 7) is 8.32. The molecule has 1 fully saturated rings. The molecule has 3 heteroatoms. The van der Waals surface area contributed by atoms with E-state index in [0.29, 0.717) is 6.04 Å². The Hall–Kier alpha value is -0.730. The number of unbranched alkanes of at least 4 members (excludes halogenated alkanes) is 2. The molecule has 1 N–H and O–H groups in total. The normalized spacial score (nSPS) is 16.4. The van der Waals surface area contributed by atoms with Gasteiger partial charge in [0.15, 0.2) is 0 Å².